The van der Waals surface area contributed by atoms with E-state index in [2.05, 4.69) is 5.32 Å². The molecule has 2 aromatic rings. The first-order valence-corrected chi connectivity index (χ1v) is 11.3. The molecular weight excluding hydrogens is 443 g/mol. The van der Waals surface area contributed by atoms with Crippen molar-refractivity contribution < 1.29 is 9.59 Å². The van der Waals surface area contributed by atoms with Gasteiger partial charge in [-0.3, -0.25) is 9.59 Å². The Labute approximate surface area is 192 Å². The first-order valence-electron chi connectivity index (χ1n) is 10.1. The second-order valence-electron chi connectivity index (χ2n) is 7.70. The van der Waals surface area contributed by atoms with Crippen LogP contribution in [0.2, 0.25) is 15.1 Å². The molecule has 30 heavy (non-hydrogen) atoms. The van der Waals surface area contributed by atoms with Crippen molar-refractivity contribution in [3.05, 3.63) is 68.7 Å². The van der Waals surface area contributed by atoms with Crippen molar-refractivity contribution in [2.24, 2.45) is 0 Å². The summed E-state index contributed by atoms with van der Waals surface area (Å²) < 4.78 is 0. The van der Waals surface area contributed by atoms with Gasteiger partial charge in [0.15, 0.2) is 0 Å². The molecule has 1 fully saturated rings. The second kappa shape index (κ2) is 10.5. The molecule has 1 atom stereocenters. The summed E-state index contributed by atoms with van der Waals surface area (Å²) in [5, 5.41) is 4.48. The summed E-state index contributed by atoms with van der Waals surface area (Å²) in [6, 6.07) is 12.0. The van der Waals surface area contributed by atoms with Crippen LogP contribution in [0, 0.1) is 0 Å². The summed E-state index contributed by atoms with van der Waals surface area (Å²) in [6.45, 7) is 2.01. The Balaban J connectivity index is 1.80. The quantitative estimate of drug-likeness (QED) is 0.571. The summed E-state index contributed by atoms with van der Waals surface area (Å²) >= 11 is 18.4. The van der Waals surface area contributed by atoms with Crippen LogP contribution >= 0.6 is 34.8 Å². The summed E-state index contributed by atoms with van der Waals surface area (Å²) in [5.74, 6) is -0.322. The predicted octanol–water partition coefficient (Wildman–Crippen LogP) is 5.67. The van der Waals surface area contributed by atoms with Gasteiger partial charge in [0.2, 0.25) is 11.8 Å². The third kappa shape index (κ3) is 5.90. The number of carbonyl (C=O) groups excluding carboxylic acids is 2. The van der Waals surface area contributed by atoms with E-state index in [0.717, 1.165) is 36.8 Å². The van der Waals surface area contributed by atoms with Crippen molar-refractivity contribution in [3.8, 4) is 0 Å². The maximum absolute atomic E-state index is 13.2. The third-order valence-corrected chi connectivity index (χ3v) is 6.61. The van der Waals surface area contributed by atoms with Crippen molar-refractivity contribution in [2.75, 3.05) is 0 Å². The summed E-state index contributed by atoms with van der Waals surface area (Å²) in [4.78, 5) is 27.7. The van der Waals surface area contributed by atoms with Gasteiger partial charge in [-0.1, -0.05) is 71.9 Å². The molecule has 1 aliphatic carbocycles. The van der Waals surface area contributed by atoms with Crippen LogP contribution in [0.3, 0.4) is 0 Å². The molecule has 160 valence electrons. The van der Waals surface area contributed by atoms with E-state index in [1.165, 1.54) is 0 Å². The number of benzene rings is 2. The molecule has 0 aromatic heterocycles. The number of rotatable bonds is 7. The Morgan fingerprint density at radius 1 is 1.03 bits per heavy atom. The molecule has 0 unspecified atom stereocenters. The summed E-state index contributed by atoms with van der Waals surface area (Å²) in [7, 11) is 0. The van der Waals surface area contributed by atoms with E-state index in [1.54, 1.807) is 30.0 Å². The minimum Gasteiger partial charge on any atom is -0.352 e. The van der Waals surface area contributed by atoms with Crippen molar-refractivity contribution >= 4 is 46.6 Å². The Morgan fingerprint density at radius 2 is 1.73 bits per heavy atom. The predicted molar refractivity (Wildman–Crippen MR) is 122 cm³/mol. The number of hydrogen-bond acceptors (Lipinski definition) is 2. The van der Waals surface area contributed by atoms with Gasteiger partial charge in [-0.15, -0.1) is 0 Å². The van der Waals surface area contributed by atoms with Crippen LogP contribution in [-0.4, -0.2) is 28.8 Å². The molecule has 4 nitrogen and oxygen atoms in total. The van der Waals surface area contributed by atoms with Gasteiger partial charge in [-0.2, -0.15) is 0 Å². The molecule has 0 bridgehead atoms. The molecule has 2 amide bonds. The van der Waals surface area contributed by atoms with Gasteiger partial charge in [-0.05, 0) is 49.1 Å². The maximum Gasteiger partial charge on any atom is 0.242 e. The van der Waals surface area contributed by atoms with Crippen molar-refractivity contribution in [1.29, 1.82) is 0 Å². The number of hydrogen-bond donors (Lipinski definition) is 1. The largest absolute Gasteiger partial charge is 0.352 e. The summed E-state index contributed by atoms with van der Waals surface area (Å²) in [6.07, 6.45) is 4.33. The van der Waals surface area contributed by atoms with E-state index in [-0.39, 0.29) is 30.8 Å². The first kappa shape index (κ1) is 22.9. The topological polar surface area (TPSA) is 49.4 Å². The van der Waals surface area contributed by atoms with Crippen LogP contribution in [0.25, 0.3) is 0 Å². The van der Waals surface area contributed by atoms with Gasteiger partial charge in [0.1, 0.15) is 6.04 Å². The minimum atomic E-state index is -0.630. The molecule has 7 heteroatoms. The zero-order chi connectivity index (χ0) is 21.7. The number of nitrogens with zero attached hydrogens (tertiary/aromatic N) is 1. The molecule has 3 rings (SSSR count). The fraction of sp³-hybridized carbons (Fsp3) is 0.391. The zero-order valence-electron chi connectivity index (χ0n) is 16.8. The lowest BCUT2D eigenvalue weighted by atomic mass is 10.1. The number of halogens is 3. The van der Waals surface area contributed by atoms with Crippen LogP contribution in [0.5, 0.6) is 0 Å². The van der Waals surface area contributed by atoms with Crippen LogP contribution in [0.1, 0.15) is 43.7 Å². The number of carbonyl (C=O) groups is 2. The average molecular weight is 468 g/mol. The molecule has 0 heterocycles. The Bertz CT molecular complexity index is 913. The maximum atomic E-state index is 13.2. The molecule has 1 saturated carbocycles. The Hall–Kier alpha value is -1.75. The van der Waals surface area contributed by atoms with E-state index < -0.39 is 6.04 Å². The lowest BCUT2D eigenvalue weighted by Gasteiger charge is -2.30. The Morgan fingerprint density at radius 3 is 2.40 bits per heavy atom. The molecule has 2 aromatic carbocycles. The molecule has 1 aliphatic rings. The number of amides is 2. The van der Waals surface area contributed by atoms with E-state index >= 15 is 0 Å². The van der Waals surface area contributed by atoms with Gasteiger partial charge in [0.05, 0.1) is 16.5 Å². The molecule has 0 saturated heterocycles. The smallest absolute Gasteiger partial charge is 0.242 e. The molecular formula is C23H25Cl3N2O2. The van der Waals surface area contributed by atoms with Crippen molar-refractivity contribution in [3.63, 3.8) is 0 Å². The minimum absolute atomic E-state index is 0.113. The highest BCUT2D eigenvalue weighted by molar-refractivity contribution is 6.42. The van der Waals surface area contributed by atoms with Gasteiger partial charge < -0.3 is 10.2 Å². The molecule has 0 spiro atoms. The lowest BCUT2D eigenvalue weighted by Crippen LogP contribution is -2.50. The fourth-order valence-electron chi connectivity index (χ4n) is 3.72. The monoisotopic (exact) mass is 466 g/mol. The van der Waals surface area contributed by atoms with Crippen LogP contribution in [0.4, 0.5) is 0 Å². The van der Waals surface area contributed by atoms with Crippen LogP contribution in [-0.2, 0) is 22.6 Å². The highest BCUT2D eigenvalue weighted by Gasteiger charge is 2.28. The van der Waals surface area contributed by atoms with Gasteiger partial charge in [-0.25, -0.2) is 0 Å². The normalized spacial score (nSPS) is 15.1. The van der Waals surface area contributed by atoms with E-state index in [9.17, 15) is 9.59 Å². The van der Waals surface area contributed by atoms with E-state index in [1.807, 2.05) is 24.3 Å². The van der Waals surface area contributed by atoms with Gasteiger partial charge >= 0.3 is 0 Å². The fourth-order valence-corrected chi connectivity index (χ4v) is 4.24. The standard InChI is InChI=1S/C23H25Cl3N2O2/c1-15(23(30)27-18-7-3-4-8-18)28(14-16-10-11-20(25)21(26)12-16)22(29)13-17-6-2-5-9-19(17)24/h2,5-6,9-12,15,18H,3-4,7-8,13-14H2,1H3,(H,27,30)/t15-/m0/s1. The molecule has 1 N–H and O–H groups in total. The zero-order valence-corrected chi connectivity index (χ0v) is 19.1. The number of nitrogens with one attached hydrogen (secondary N) is 1. The van der Waals surface area contributed by atoms with Gasteiger partial charge in [0, 0.05) is 17.6 Å². The second-order valence-corrected chi connectivity index (χ2v) is 8.93. The third-order valence-electron chi connectivity index (χ3n) is 5.51. The SMILES string of the molecule is C[C@@H](C(=O)NC1CCCC1)N(Cc1ccc(Cl)c(Cl)c1)C(=O)Cc1ccccc1Cl. The van der Waals surface area contributed by atoms with E-state index in [0.29, 0.717) is 15.1 Å². The molecule has 0 radical (unpaired) electrons. The summed E-state index contributed by atoms with van der Waals surface area (Å²) in [5.41, 5.74) is 1.53. The first-order chi connectivity index (χ1) is 14.3. The average Bonchev–Trinajstić information content (AvgIpc) is 3.23. The molecule has 0 aliphatic heterocycles. The highest BCUT2D eigenvalue weighted by atomic mass is 35.5. The van der Waals surface area contributed by atoms with Crippen molar-refractivity contribution in [1.82, 2.24) is 10.2 Å². The van der Waals surface area contributed by atoms with Crippen LogP contribution in [0.15, 0.2) is 42.5 Å². The van der Waals surface area contributed by atoms with Crippen molar-refractivity contribution in [2.45, 2.75) is 57.7 Å². The Kier molecular flexibility index (Phi) is 8.04. The highest BCUT2D eigenvalue weighted by Crippen LogP contribution is 2.25. The lowest BCUT2D eigenvalue weighted by molar-refractivity contribution is -0.140. The van der Waals surface area contributed by atoms with Crippen LogP contribution < -0.4 is 5.32 Å². The van der Waals surface area contributed by atoms with Gasteiger partial charge in [0.25, 0.3) is 0 Å². The van der Waals surface area contributed by atoms with E-state index in [4.69, 9.17) is 34.8 Å².